The number of anilines is 1. The number of halogens is 1. The third-order valence-electron chi connectivity index (χ3n) is 5.89. The van der Waals surface area contributed by atoms with Gasteiger partial charge in [-0.3, -0.25) is 14.5 Å². The second-order valence-electron chi connectivity index (χ2n) is 8.22. The molecule has 0 bridgehead atoms. The van der Waals surface area contributed by atoms with Gasteiger partial charge in [-0.25, -0.2) is 4.39 Å². The number of carbonyl (C=O) groups excluding carboxylic acids is 2. The van der Waals surface area contributed by atoms with Gasteiger partial charge in [0.2, 0.25) is 0 Å². The first-order valence-electron chi connectivity index (χ1n) is 9.41. The van der Waals surface area contributed by atoms with Gasteiger partial charge in [0.25, 0.3) is 11.1 Å². The van der Waals surface area contributed by atoms with Crippen LogP contribution in [0.15, 0.2) is 17.0 Å². The van der Waals surface area contributed by atoms with Crippen LogP contribution in [0.5, 0.6) is 0 Å². The number of imide groups is 1. The van der Waals surface area contributed by atoms with E-state index in [1.54, 1.807) is 6.07 Å². The second-order valence-corrected chi connectivity index (χ2v) is 9.21. The van der Waals surface area contributed by atoms with Gasteiger partial charge in [0.05, 0.1) is 4.91 Å². The smallest absolute Gasteiger partial charge is 0.293 e. The summed E-state index contributed by atoms with van der Waals surface area (Å²) in [5.74, 6) is -0.419. The van der Waals surface area contributed by atoms with Gasteiger partial charge in [-0.2, -0.15) is 0 Å². The van der Waals surface area contributed by atoms with Crippen molar-refractivity contribution in [2.24, 2.45) is 0 Å². The van der Waals surface area contributed by atoms with Crippen molar-refractivity contribution >= 4 is 34.7 Å². The summed E-state index contributed by atoms with van der Waals surface area (Å²) in [5, 5.41) is -0.284. The fraction of sp³-hybridized carbons (Fsp3) is 0.524. The van der Waals surface area contributed by atoms with Crippen LogP contribution in [0.2, 0.25) is 0 Å². The first kappa shape index (κ1) is 19.9. The van der Waals surface area contributed by atoms with Crippen LogP contribution in [-0.2, 0) is 4.79 Å². The topological polar surface area (TPSA) is 40.6 Å². The summed E-state index contributed by atoms with van der Waals surface area (Å²) in [4.78, 5) is 28.5. The summed E-state index contributed by atoms with van der Waals surface area (Å²) in [7, 11) is 1.99. The minimum atomic E-state index is -0.374. The zero-order valence-corrected chi connectivity index (χ0v) is 17.6. The van der Waals surface area contributed by atoms with Gasteiger partial charge < -0.3 is 4.90 Å². The van der Waals surface area contributed by atoms with Gasteiger partial charge in [-0.05, 0) is 75.1 Å². The lowest BCUT2D eigenvalue weighted by Crippen LogP contribution is -2.45. The van der Waals surface area contributed by atoms with E-state index in [4.69, 9.17) is 0 Å². The van der Waals surface area contributed by atoms with Crippen molar-refractivity contribution in [3.8, 4) is 0 Å². The van der Waals surface area contributed by atoms with Gasteiger partial charge in [-0.1, -0.05) is 13.8 Å². The normalized spacial score (nSPS) is 24.6. The highest BCUT2D eigenvalue weighted by Crippen LogP contribution is 2.44. The van der Waals surface area contributed by atoms with Crippen LogP contribution in [0.4, 0.5) is 14.9 Å². The Morgan fingerprint density at radius 3 is 2.67 bits per heavy atom. The molecule has 4 nitrogen and oxygen atoms in total. The quantitative estimate of drug-likeness (QED) is 0.650. The Balaban J connectivity index is 2.00. The number of carbonyl (C=O) groups is 2. The summed E-state index contributed by atoms with van der Waals surface area (Å²) in [5.41, 5.74) is 2.29. The molecule has 0 aromatic heterocycles. The number of rotatable bonds is 3. The molecule has 3 rings (SSSR count). The maximum absolute atomic E-state index is 14.8. The van der Waals surface area contributed by atoms with Gasteiger partial charge in [0.1, 0.15) is 5.82 Å². The largest absolute Gasteiger partial charge is 0.369 e. The zero-order valence-electron chi connectivity index (χ0n) is 16.8. The van der Waals surface area contributed by atoms with Crippen molar-refractivity contribution < 1.29 is 14.0 Å². The lowest BCUT2D eigenvalue weighted by Gasteiger charge is -2.45. The van der Waals surface area contributed by atoms with Crippen LogP contribution in [0, 0.1) is 5.82 Å². The molecule has 2 atom stereocenters. The Kier molecular flexibility index (Phi) is 5.14. The van der Waals surface area contributed by atoms with Gasteiger partial charge in [0, 0.05) is 29.9 Å². The lowest BCUT2D eigenvalue weighted by molar-refractivity contribution is -0.124. The van der Waals surface area contributed by atoms with E-state index in [1.165, 1.54) is 11.0 Å². The number of hydrogen-bond acceptors (Lipinski definition) is 4. The molecule has 1 aromatic rings. The molecule has 2 aliphatic heterocycles. The number of fused-ring (bicyclic) bond motifs is 1. The zero-order chi connectivity index (χ0) is 20.1. The molecule has 2 heterocycles. The predicted molar refractivity (Wildman–Crippen MR) is 109 cm³/mol. The third-order valence-corrected chi connectivity index (χ3v) is 6.78. The number of amides is 2. The van der Waals surface area contributed by atoms with Crippen LogP contribution in [0.3, 0.4) is 0 Å². The minimum absolute atomic E-state index is 0.0423. The molecule has 146 valence electrons. The van der Waals surface area contributed by atoms with E-state index in [0.717, 1.165) is 29.4 Å². The molecule has 0 radical (unpaired) electrons. The third kappa shape index (κ3) is 3.40. The molecule has 1 aromatic carbocycles. The summed E-state index contributed by atoms with van der Waals surface area (Å²) < 4.78 is 14.8. The van der Waals surface area contributed by atoms with Crippen molar-refractivity contribution in [1.29, 1.82) is 0 Å². The molecule has 0 N–H and O–H groups in total. The van der Waals surface area contributed by atoms with E-state index in [1.807, 2.05) is 27.0 Å². The highest BCUT2D eigenvalue weighted by Gasteiger charge is 2.38. The fourth-order valence-corrected chi connectivity index (χ4v) is 4.82. The molecule has 0 aliphatic carbocycles. The van der Waals surface area contributed by atoms with E-state index in [0.29, 0.717) is 12.0 Å². The Hall–Kier alpha value is -1.82. The van der Waals surface area contributed by atoms with E-state index >= 15 is 0 Å². The molecule has 1 fully saturated rings. The SMILES string of the molecule is CCC(C)N1C(=O)S/C(=C\c2cc3c(cc2F)N(C)C(C)(C)CC3C)C1=O. The maximum Gasteiger partial charge on any atom is 0.293 e. The van der Waals surface area contributed by atoms with Crippen molar-refractivity contribution in [2.45, 2.75) is 65.0 Å². The number of thioether (sulfide) groups is 1. The number of benzene rings is 1. The Morgan fingerprint density at radius 1 is 1.37 bits per heavy atom. The molecule has 2 amide bonds. The molecule has 2 unspecified atom stereocenters. The van der Waals surface area contributed by atoms with Crippen LogP contribution >= 0.6 is 11.8 Å². The standard InChI is InChI=1S/C21H27FN2O2S/c1-7-13(3)24-19(25)18(27-20(24)26)9-14-8-15-12(2)11-21(4,5)23(6)17(15)10-16(14)22/h8-10,12-13H,7,11H2,1-6H3/b18-9-. The maximum atomic E-state index is 14.8. The average molecular weight is 391 g/mol. The van der Waals surface area contributed by atoms with Crippen LogP contribution in [-0.4, -0.2) is 34.7 Å². The summed E-state index contributed by atoms with van der Waals surface area (Å²) in [6, 6.07) is 3.23. The number of hydrogen-bond donors (Lipinski definition) is 0. The van der Waals surface area contributed by atoms with Gasteiger partial charge in [0.15, 0.2) is 0 Å². The highest BCUT2D eigenvalue weighted by atomic mass is 32.2. The van der Waals surface area contributed by atoms with Crippen LogP contribution in [0.25, 0.3) is 6.08 Å². The van der Waals surface area contributed by atoms with Crippen molar-refractivity contribution in [2.75, 3.05) is 11.9 Å². The van der Waals surface area contributed by atoms with E-state index in [9.17, 15) is 14.0 Å². The Labute approximate surface area is 164 Å². The molecule has 0 saturated carbocycles. The van der Waals surface area contributed by atoms with E-state index in [2.05, 4.69) is 25.7 Å². The average Bonchev–Trinajstić information content (AvgIpc) is 2.87. The lowest BCUT2D eigenvalue weighted by atomic mass is 9.80. The Morgan fingerprint density at radius 2 is 2.04 bits per heavy atom. The monoisotopic (exact) mass is 390 g/mol. The molecular formula is C21H27FN2O2S. The first-order chi connectivity index (χ1) is 12.6. The summed E-state index contributed by atoms with van der Waals surface area (Å²) in [6.45, 7) is 10.2. The van der Waals surface area contributed by atoms with E-state index in [-0.39, 0.29) is 39.4 Å². The number of nitrogens with zero attached hydrogens (tertiary/aromatic N) is 2. The van der Waals surface area contributed by atoms with Gasteiger partial charge in [-0.15, -0.1) is 0 Å². The highest BCUT2D eigenvalue weighted by molar-refractivity contribution is 8.18. The van der Waals surface area contributed by atoms with Gasteiger partial charge >= 0.3 is 0 Å². The van der Waals surface area contributed by atoms with Crippen molar-refractivity contribution in [3.63, 3.8) is 0 Å². The van der Waals surface area contributed by atoms with Crippen molar-refractivity contribution in [3.05, 3.63) is 34.0 Å². The Bertz CT molecular complexity index is 834. The molecule has 27 heavy (non-hydrogen) atoms. The fourth-order valence-electron chi connectivity index (χ4n) is 3.90. The first-order valence-corrected chi connectivity index (χ1v) is 10.2. The molecule has 1 saturated heterocycles. The van der Waals surface area contributed by atoms with Crippen LogP contribution in [0.1, 0.15) is 64.5 Å². The molecule has 0 spiro atoms. The second kappa shape index (κ2) is 6.97. The predicted octanol–water partition coefficient (Wildman–Crippen LogP) is 5.38. The molecular weight excluding hydrogens is 363 g/mol. The molecule has 2 aliphatic rings. The van der Waals surface area contributed by atoms with E-state index < -0.39 is 0 Å². The summed E-state index contributed by atoms with van der Waals surface area (Å²) >= 11 is 0.889. The molecule has 6 heteroatoms. The minimum Gasteiger partial charge on any atom is -0.369 e. The van der Waals surface area contributed by atoms with Crippen molar-refractivity contribution in [1.82, 2.24) is 4.90 Å². The summed E-state index contributed by atoms with van der Waals surface area (Å²) in [6.07, 6.45) is 3.18. The van der Waals surface area contributed by atoms with Crippen LogP contribution < -0.4 is 4.90 Å².